The Kier molecular flexibility index (Phi) is 4.02. The first-order valence-electron chi connectivity index (χ1n) is 8.90. The molecule has 2 aromatic rings. The second kappa shape index (κ2) is 6.52. The number of benzene rings is 2. The van der Waals surface area contributed by atoms with Gasteiger partial charge < -0.3 is 14.4 Å². The topological polar surface area (TPSA) is 50.8 Å². The molecule has 134 valence electrons. The van der Waals surface area contributed by atoms with E-state index < -0.39 is 0 Å². The Hall–Kier alpha value is -2.18. The van der Waals surface area contributed by atoms with Crippen molar-refractivity contribution in [3.63, 3.8) is 0 Å². The maximum Gasteiger partial charge on any atom is 0.241 e. The summed E-state index contributed by atoms with van der Waals surface area (Å²) in [6, 6.07) is 14.2. The molecular formula is C20H20N2O3S. The molecule has 1 N–H and O–H groups in total. The van der Waals surface area contributed by atoms with E-state index in [0.29, 0.717) is 6.54 Å². The van der Waals surface area contributed by atoms with Crippen LogP contribution in [0.25, 0.3) is 0 Å². The van der Waals surface area contributed by atoms with Crippen molar-refractivity contribution in [2.75, 3.05) is 25.0 Å². The van der Waals surface area contributed by atoms with Crippen molar-refractivity contribution in [3.05, 3.63) is 59.2 Å². The van der Waals surface area contributed by atoms with E-state index in [2.05, 4.69) is 29.6 Å². The van der Waals surface area contributed by atoms with Crippen LogP contribution in [0.15, 0.2) is 42.5 Å². The zero-order chi connectivity index (χ0) is 17.5. The Morgan fingerprint density at radius 3 is 2.73 bits per heavy atom. The van der Waals surface area contributed by atoms with E-state index in [-0.39, 0.29) is 24.8 Å². The average molecular weight is 368 g/mol. The molecule has 6 heteroatoms. The highest BCUT2D eigenvalue weighted by molar-refractivity contribution is 7.99. The smallest absolute Gasteiger partial charge is 0.241 e. The lowest BCUT2D eigenvalue weighted by Crippen LogP contribution is -2.49. The number of hydrogen-bond acceptors (Lipinski definition) is 5. The van der Waals surface area contributed by atoms with Crippen molar-refractivity contribution in [3.8, 4) is 11.5 Å². The SMILES string of the molecule is O=C(C1CSCN1)N1CCc2cc3c(cc2C1c1ccccc1)OCO3. The molecule has 0 bridgehead atoms. The van der Waals surface area contributed by atoms with Crippen LogP contribution in [-0.4, -0.2) is 41.8 Å². The van der Waals surface area contributed by atoms with Gasteiger partial charge in [0.15, 0.2) is 11.5 Å². The first-order chi connectivity index (χ1) is 12.8. The van der Waals surface area contributed by atoms with Crippen LogP contribution in [0.5, 0.6) is 11.5 Å². The number of rotatable bonds is 2. The van der Waals surface area contributed by atoms with Crippen molar-refractivity contribution < 1.29 is 14.3 Å². The van der Waals surface area contributed by atoms with Gasteiger partial charge in [-0.2, -0.15) is 0 Å². The largest absolute Gasteiger partial charge is 0.454 e. The molecule has 0 saturated carbocycles. The van der Waals surface area contributed by atoms with E-state index in [0.717, 1.165) is 40.7 Å². The van der Waals surface area contributed by atoms with Crippen LogP contribution < -0.4 is 14.8 Å². The minimum absolute atomic E-state index is 0.0886. The maximum absolute atomic E-state index is 13.2. The molecule has 0 aliphatic carbocycles. The van der Waals surface area contributed by atoms with Crippen molar-refractivity contribution in [2.45, 2.75) is 18.5 Å². The van der Waals surface area contributed by atoms with Gasteiger partial charge in [-0.15, -0.1) is 11.8 Å². The van der Waals surface area contributed by atoms with E-state index in [1.807, 2.05) is 23.1 Å². The standard InChI is InChI=1S/C20H20N2O3S/c23-20(16-10-26-11-21-16)22-7-6-14-8-17-18(25-12-24-17)9-15(14)19(22)13-4-2-1-3-5-13/h1-5,8-9,16,19,21H,6-7,10-12H2. The Morgan fingerprint density at radius 2 is 1.96 bits per heavy atom. The average Bonchev–Trinajstić information content (AvgIpc) is 3.37. The van der Waals surface area contributed by atoms with Crippen molar-refractivity contribution in [1.29, 1.82) is 0 Å². The molecular weight excluding hydrogens is 348 g/mol. The van der Waals surface area contributed by atoms with Crippen LogP contribution in [-0.2, 0) is 11.2 Å². The molecule has 2 atom stereocenters. The number of carbonyl (C=O) groups excluding carboxylic acids is 1. The number of amides is 1. The van der Waals surface area contributed by atoms with E-state index in [1.165, 1.54) is 5.56 Å². The van der Waals surface area contributed by atoms with Crippen molar-refractivity contribution >= 4 is 17.7 Å². The van der Waals surface area contributed by atoms with Crippen LogP contribution in [0.1, 0.15) is 22.7 Å². The van der Waals surface area contributed by atoms with Gasteiger partial charge in [-0.1, -0.05) is 30.3 Å². The van der Waals surface area contributed by atoms with Gasteiger partial charge in [0.1, 0.15) is 0 Å². The number of hydrogen-bond donors (Lipinski definition) is 1. The molecule has 3 aliphatic heterocycles. The molecule has 1 amide bonds. The Bertz CT molecular complexity index is 836. The summed E-state index contributed by atoms with van der Waals surface area (Å²) in [5.74, 6) is 3.45. The number of nitrogens with one attached hydrogen (secondary N) is 1. The highest BCUT2D eigenvalue weighted by Crippen LogP contribution is 2.43. The van der Waals surface area contributed by atoms with Crippen LogP contribution in [0.4, 0.5) is 0 Å². The minimum atomic E-state index is -0.0956. The van der Waals surface area contributed by atoms with Crippen molar-refractivity contribution in [1.82, 2.24) is 10.2 Å². The number of thioether (sulfide) groups is 1. The number of fused-ring (bicyclic) bond motifs is 2. The normalized spacial score (nSPS) is 23.8. The summed E-state index contributed by atoms with van der Waals surface area (Å²) in [5.41, 5.74) is 3.51. The van der Waals surface area contributed by atoms with Crippen LogP contribution in [0.2, 0.25) is 0 Å². The summed E-state index contributed by atoms with van der Waals surface area (Å²) in [6.07, 6.45) is 0.834. The summed E-state index contributed by atoms with van der Waals surface area (Å²) in [7, 11) is 0. The predicted octanol–water partition coefficient (Wildman–Crippen LogP) is 2.55. The molecule has 5 nitrogen and oxygen atoms in total. The lowest BCUT2D eigenvalue weighted by atomic mass is 9.87. The number of carbonyl (C=O) groups is 1. The summed E-state index contributed by atoms with van der Waals surface area (Å²) >= 11 is 1.78. The first kappa shape index (κ1) is 16.0. The third kappa shape index (κ3) is 2.64. The minimum Gasteiger partial charge on any atom is -0.454 e. The molecule has 0 radical (unpaired) electrons. The Balaban J connectivity index is 1.59. The van der Waals surface area contributed by atoms with Gasteiger partial charge in [0.2, 0.25) is 12.7 Å². The fourth-order valence-corrected chi connectivity index (χ4v) is 4.93. The molecule has 3 heterocycles. The Labute approximate surface area is 156 Å². The highest BCUT2D eigenvalue weighted by atomic mass is 32.2. The Morgan fingerprint density at radius 1 is 1.15 bits per heavy atom. The molecule has 2 unspecified atom stereocenters. The highest BCUT2D eigenvalue weighted by Gasteiger charge is 2.37. The fraction of sp³-hybridized carbons (Fsp3) is 0.350. The first-order valence-corrected chi connectivity index (χ1v) is 10.1. The third-order valence-corrected chi connectivity index (χ3v) is 6.22. The lowest BCUT2D eigenvalue weighted by molar-refractivity contribution is -0.134. The van der Waals surface area contributed by atoms with E-state index in [4.69, 9.17) is 9.47 Å². The molecule has 1 fully saturated rings. The second-order valence-electron chi connectivity index (χ2n) is 6.77. The zero-order valence-electron chi connectivity index (χ0n) is 14.3. The van der Waals surface area contributed by atoms with Crippen molar-refractivity contribution in [2.24, 2.45) is 0 Å². The summed E-state index contributed by atoms with van der Waals surface area (Å²) < 4.78 is 11.1. The van der Waals surface area contributed by atoms with Gasteiger partial charge in [-0.05, 0) is 35.2 Å². The summed E-state index contributed by atoms with van der Waals surface area (Å²) in [4.78, 5) is 15.3. The van der Waals surface area contributed by atoms with Gasteiger partial charge >= 0.3 is 0 Å². The maximum atomic E-state index is 13.2. The monoisotopic (exact) mass is 368 g/mol. The van der Waals surface area contributed by atoms with Gasteiger partial charge in [-0.25, -0.2) is 0 Å². The van der Waals surface area contributed by atoms with Gasteiger partial charge in [-0.3, -0.25) is 10.1 Å². The third-order valence-electron chi connectivity index (χ3n) is 5.28. The molecule has 3 aliphatic rings. The fourth-order valence-electron chi connectivity index (χ4n) is 3.99. The van der Waals surface area contributed by atoms with Crippen LogP contribution in [0.3, 0.4) is 0 Å². The zero-order valence-corrected chi connectivity index (χ0v) is 15.1. The molecule has 26 heavy (non-hydrogen) atoms. The van der Waals surface area contributed by atoms with E-state index in [9.17, 15) is 4.79 Å². The van der Waals surface area contributed by atoms with Gasteiger partial charge in [0.05, 0.1) is 12.1 Å². The lowest BCUT2D eigenvalue weighted by Gasteiger charge is -2.39. The van der Waals surface area contributed by atoms with Gasteiger partial charge in [0, 0.05) is 18.2 Å². The summed E-state index contributed by atoms with van der Waals surface area (Å²) in [6.45, 7) is 0.980. The second-order valence-corrected chi connectivity index (χ2v) is 7.80. The van der Waals surface area contributed by atoms with E-state index >= 15 is 0 Å². The molecule has 2 aromatic carbocycles. The van der Waals surface area contributed by atoms with Crippen LogP contribution in [0, 0.1) is 0 Å². The van der Waals surface area contributed by atoms with E-state index in [1.54, 1.807) is 11.8 Å². The summed E-state index contributed by atoms with van der Waals surface area (Å²) in [5, 5.41) is 3.32. The number of ether oxygens (including phenoxy) is 2. The molecule has 5 rings (SSSR count). The predicted molar refractivity (Wildman–Crippen MR) is 101 cm³/mol. The van der Waals surface area contributed by atoms with Crippen LogP contribution >= 0.6 is 11.8 Å². The quantitative estimate of drug-likeness (QED) is 0.883. The molecule has 1 saturated heterocycles. The number of nitrogens with zero attached hydrogens (tertiary/aromatic N) is 1. The van der Waals surface area contributed by atoms with Gasteiger partial charge in [0.25, 0.3) is 0 Å². The molecule has 0 aromatic heterocycles. The molecule has 0 spiro atoms.